The van der Waals surface area contributed by atoms with Crippen LogP contribution in [0.15, 0.2) is 0 Å². The number of unbranched alkanes of at least 4 members (excludes halogenated alkanes) is 4. The second-order valence-corrected chi connectivity index (χ2v) is 7.03. The zero-order valence-corrected chi connectivity index (χ0v) is 13.2. The van der Waals surface area contributed by atoms with Crippen molar-refractivity contribution in [3.05, 3.63) is 0 Å². The number of aliphatic hydroxyl groups is 1. The van der Waals surface area contributed by atoms with E-state index in [4.69, 9.17) is 4.55 Å². The van der Waals surface area contributed by atoms with Crippen molar-refractivity contribution in [2.75, 3.05) is 0 Å². The Balaban J connectivity index is 3.76. The molecule has 4 nitrogen and oxygen atoms in total. The number of aliphatic hydroxyl groups excluding tert-OH is 1. The third-order valence-electron chi connectivity index (χ3n) is 3.59. The molecule has 0 aromatic rings. The van der Waals surface area contributed by atoms with E-state index in [9.17, 15) is 13.5 Å². The zero-order chi connectivity index (χ0) is 14.7. The zero-order valence-electron chi connectivity index (χ0n) is 12.3. The lowest BCUT2D eigenvalue weighted by Crippen LogP contribution is -2.20. The van der Waals surface area contributed by atoms with E-state index >= 15 is 0 Å². The Morgan fingerprint density at radius 3 is 1.89 bits per heavy atom. The lowest BCUT2D eigenvalue weighted by Gasteiger charge is -2.13. The Morgan fingerprint density at radius 1 is 0.895 bits per heavy atom. The van der Waals surface area contributed by atoms with Crippen molar-refractivity contribution in [1.82, 2.24) is 0 Å². The van der Waals surface area contributed by atoms with Crippen LogP contribution in [0.5, 0.6) is 0 Å². The molecule has 0 aromatic heterocycles. The first-order valence-corrected chi connectivity index (χ1v) is 9.06. The van der Waals surface area contributed by atoms with Gasteiger partial charge in [0.1, 0.15) is 0 Å². The summed E-state index contributed by atoms with van der Waals surface area (Å²) in [4.78, 5) is 0. The van der Waals surface area contributed by atoms with Crippen LogP contribution in [0.4, 0.5) is 0 Å². The highest BCUT2D eigenvalue weighted by atomic mass is 32.2. The molecule has 0 heterocycles. The van der Waals surface area contributed by atoms with E-state index in [1.807, 2.05) is 13.8 Å². The van der Waals surface area contributed by atoms with Crippen LogP contribution in [0.3, 0.4) is 0 Å². The van der Waals surface area contributed by atoms with Crippen LogP contribution in [0.2, 0.25) is 0 Å². The Hall–Kier alpha value is -0.130. The van der Waals surface area contributed by atoms with Gasteiger partial charge in [0.25, 0.3) is 10.1 Å². The molecule has 2 N–H and O–H groups in total. The summed E-state index contributed by atoms with van der Waals surface area (Å²) in [6.07, 6.45) is 8.12. The van der Waals surface area contributed by atoms with E-state index in [0.717, 1.165) is 51.4 Å². The van der Waals surface area contributed by atoms with Crippen LogP contribution in [0.1, 0.15) is 78.1 Å². The highest BCUT2D eigenvalue weighted by Gasteiger charge is 2.21. The summed E-state index contributed by atoms with van der Waals surface area (Å²) in [7, 11) is -3.89. The molecule has 0 radical (unpaired) electrons. The molecule has 0 amide bonds. The quantitative estimate of drug-likeness (QED) is 0.426. The van der Waals surface area contributed by atoms with Crippen molar-refractivity contribution in [2.24, 2.45) is 0 Å². The SMILES string of the molecule is CCCCC(CCCCCCC(O)CC)S(=O)(=O)O. The molecule has 0 saturated carbocycles. The van der Waals surface area contributed by atoms with Crippen LogP contribution >= 0.6 is 0 Å². The summed E-state index contributed by atoms with van der Waals surface area (Å²) in [6.45, 7) is 3.98. The maximum absolute atomic E-state index is 11.2. The molecule has 0 rings (SSSR count). The number of rotatable bonds is 12. The Bertz CT molecular complexity index is 301. The standard InChI is InChI=1S/C14H30O4S/c1-3-5-11-14(19(16,17)18)12-9-7-6-8-10-13(15)4-2/h13-15H,3-12H2,1-2H3,(H,16,17,18). The summed E-state index contributed by atoms with van der Waals surface area (Å²) in [6, 6.07) is 0. The van der Waals surface area contributed by atoms with Gasteiger partial charge < -0.3 is 5.11 Å². The smallest absolute Gasteiger partial charge is 0.267 e. The molecule has 0 aromatic carbocycles. The van der Waals surface area contributed by atoms with Gasteiger partial charge in [-0.15, -0.1) is 0 Å². The number of hydrogen-bond donors (Lipinski definition) is 2. The maximum Gasteiger partial charge on any atom is 0.267 e. The van der Waals surface area contributed by atoms with Crippen molar-refractivity contribution in [2.45, 2.75) is 89.4 Å². The molecule has 0 bridgehead atoms. The van der Waals surface area contributed by atoms with E-state index < -0.39 is 15.4 Å². The second-order valence-electron chi connectivity index (χ2n) is 5.33. The fourth-order valence-corrected chi connectivity index (χ4v) is 3.11. The van der Waals surface area contributed by atoms with Gasteiger partial charge in [0.2, 0.25) is 0 Å². The van der Waals surface area contributed by atoms with Gasteiger partial charge in [-0.1, -0.05) is 52.4 Å². The first kappa shape index (κ1) is 18.9. The minimum Gasteiger partial charge on any atom is -0.393 e. The monoisotopic (exact) mass is 294 g/mol. The third-order valence-corrected chi connectivity index (χ3v) is 4.90. The molecule has 116 valence electrons. The molecule has 0 spiro atoms. The predicted molar refractivity (Wildman–Crippen MR) is 78.9 cm³/mol. The van der Waals surface area contributed by atoms with Gasteiger partial charge in [-0.05, 0) is 25.7 Å². The molecular weight excluding hydrogens is 264 g/mol. The normalized spacial score (nSPS) is 15.4. The van der Waals surface area contributed by atoms with Crippen LogP contribution < -0.4 is 0 Å². The summed E-state index contributed by atoms with van der Waals surface area (Å²) in [5, 5.41) is 8.80. The van der Waals surface area contributed by atoms with E-state index in [1.54, 1.807) is 0 Å². The van der Waals surface area contributed by atoms with Crippen LogP contribution in [0.25, 0.3) is 0 Å². The second kappa shape index (κ2) is 10.6. The summed E-state index contributed by atoms with van der Waals surface area (Å²) < 4.78 is 31.6. The van der Waals surface area contributed by atoms with Crippen molar-refractivity contribution in [1.29, 1.82) is 0 Å². The molecule has 0 aliphatic rings. The Kier molecular flexibility index (Phi) is 10.6. The van der Waals surface area contributed by atoms with Crippen LogP contribution in [0, 0.1) is 0 Å². The first-order valence-electron chi connectivity index (χ1n) is 7.56. The molecule has 0 saturated heterocycles. The average Bonchev–Trinajstić information content (AvgIpc) is 2.35. The molecule has 5 heteroatoms. The molecule has 2 atom stereocenters. The van der Waals surface area contributed by atoms with Crippen LogP contribution in [-0.2, 0) is 10.1 Å². The molecule has 0 fully saturated rings. The van der Waals surface area contributed by atoms with Gasteiger partial charge in [0, 0.05) is 0 Å². The van der Waals surface area contributed by atoms with Crippen molar-refractivity contribution >= 4 is 10.1 Å². The average molecular weight is 294 g/mol. The molecule has 19 heavy (non-hydrogen) atoms. The minimum absolute atomic E-state index is 0.199. The highest BCUT2D eigenvalue weighted by molar-refractivity contribution is 7.86. The van der Waals surface area contributed by atoms with E-state index in [1.165, 1.54) is 0 Å². The molecular formula is C14H30O4S. The summed E-state index contributed by atoms with van der Waals surface area (Å²) >= 11 is 0. The van der Waals surface area contributed by atoms with E-state index in [-0.39, 0.29) is 6.10 Å². The first-order chi connectivity index (χ1) is 8.91. The fraction of sp³-hybridized carbons (Fsp3) is 1.00. The third kappa shape index (κ3) is 10.3. The number of hydrogen-bond acceptors (Lipinski definition) is 3. The molecule has 0 aliphatic heterocycles. The lowest BCUT2D eigenvalue weighted by molar-refractivity contribution is 0.156. The van der Waals surface area contributed by atoms with Gasteiger partial charge in [0.15, 0.2) is 0 Å². The van der Waals surface area contributed by atoms with Crippen molar-refractivity contribution in [3.8, 4) is 0 Å². The molecule has 0 aliphatic carbocycles. The van der Waals surface area contributed by atoms with Gasteiger partial charge in [0.05, 0.1) is 11.4 Å². The van der Waals surface area contributed by atoms with E-state index in [2.05, 4.69) is 0 Å². The van der Waals surface area contributed by atoms with Gasteiger partial charge in [-0.25, -0.2) is 0 Å². The van der Waals surface area contributed by atoms with Crippen molar-refractivity contribution in [3.63, 3.8) is 0 Å². The topological polar surface area (TPSA) is 74.6 Å². The van der Waals surface area contributed by atoms with Crippen molar-refractivity contribution < 1.29 is 18.1 Å². The largest absolute Gasteiger partial charge is 0.393 e. The van der Waals surface area contributed by atoms with Gasteiger partial charge in [-0.2, -0.15) is 8.42 Å². The Labute approximate surface area is 118 Å². The highest BCUT2D eigenvalue weighted by Crippen LogP contribution is 2.17. The van der Waals surface area contributed by atoms with Crippen LogP contribution in [-0.4, -0.2) is 29.4 Å². The molecule has 2 unspecified atom stereocenters. The summed E-state index contributed by atoms with van der Waals surface area (Å²) in [5.74, 6) is 0. The Morgan fingerprint density at radius 2 is 1.42 bits per heavy atom. The minimum atomic E-state index is -3.89. The lowest BCUT2D eigenvalue weighted by atomic mass is 10.0. The fourth-order valence-electron chi connectivity index (χ4n) is 2.18. The van der Waals surface area contributed by atoms with E-state index in [0.29, 0.717) is 12.8 Å². The van der Waals surface area contributed by atoms with Gasteiger partial charge in [-0.3, -0.25) is 4.55 Å². The summed E-state index contributed by atoms with van der Waals surface area (Å²) in [5.41, 5.74) is 0. The predicted octanol–water partition coefficient (Wildman–Crippen LogP) is 3.54. The van der Waals surface area contributed by atoms with Gasteiger partial charge >= 0.3 is 0 Å². The maximum atomic E-state index is 11.2.